The Hall–Kier alpha value is -1.58. The summed E-state index contributed by atoms with van der Waals surface area (Å²) in [5, 5.41) is 3.33. The molecule has 0 radical (unpaired) electrons. The lowest BCUT2D eigenvalue weighted by molar-refractivity contribution is -0.149. The van der Waals surface area contributed by atoms with Crippen LogP contribution in [0.25, 0.3) is 0 Å². The van der Waals surface area contributed by atoms with Gasteiger partial charge in [0.2, 0.25) is 0 Å². The standard InChI is InChI=1S/C16H22FNO2/c1-3-12-6-4-5-11-16(12,15(19)20-2)18-14-9-7-13(17)8-10-14/h7-10,12,18H,3-6,11H2,1-2H3. The van der Waals surface area contributed by atoms with E-state index >= 15 is 0 Å². The molecule has 0 aliphatic heterocycles. The van der Waals surface area contributed by atoms with E-state index in [4.69, 9.17) is 4.74 Å². The van der Waals surface area contributed by atoms with Crippen molar-refractivity contribution in [1.29, 1.82) is 0 Å². The number of methoxy groups -OCH3 is 1. The molecule has 1 aromatic carbocycles. The van der Waals surface area contributed by atoms with Crippen molar-refractivity contribution in [2.24, 2.45) is 5.92 Å². The summed E-state index contributed by atoms with van der Waals surface area (Å²) in [7, 11) is 1.43. The van der Waals surface area contributed by atoms with Crippen molar-refractivity contribution in [2.75, 3.05) is 12.4 Å². The second-order valence-corrected chi connectivity index (χ2v) is 5.45. The molecule has 1 aliphatic rings. The Labute approximate surface area is 119 Å². The van der Waals surface area contributed by atoms with Gasteiger partial charge >= 0.3 is 5.97 Å². The van der Waals surface area contributed by atoms with E-state index in [1.165, 1.54) is 19.2 Å². The van der Waals surface area contributed by atoms with E-state index in [2.05, 4.69) is 12.2 Å². The Kier molecular flexibility index (Phi) is 4.63. The second kappa shape index (κ2) is 6.25. The van der Waals surface area contributed by atoms with Crippen LogP contribution in [0.3, 0.4) is 0 Å². The SMILES string of the molecule is CCC1CCCCC1(Nc1ccc(F)cc1)C(=O)OC. The van der Waals surface area contributed by atoms with Gasteiger partial charge in [-0.2, -0.15) is 0 Å². The van der Waals surface area contributed by atoms with Gasteiger partial charge in [-0.15, -0.1) is 0 Å². The molecule has 0 spiro atoms. The van der Waals surface area contributed by atoms with Crippen LogP contribution in [0.15, 0.2) is 24.3 Å². The minimum atomic E-state index is -0.681. The lowest BCUT2D eigenvalue weighted by Gasteiger charge is -2.42. The molecule has 1 N–H and O–H groups in total. The van der Waals surface area contributed by atoms with Gasteiger partial charge in [0.05, 0.1) is 7.11 Å². The molecule has 1 saturated carbocycles. The highest BCUT2D eigenvalue weighted by molar-refractivity contribution is 5.85. The van der Waals surface area contributed by atoms with E-state index in [1.807, 2.05) is 0 Å². The van der Waals surface area contributed by atoms with E-state index in [0.29, 0.717) is 0 Å². The van der Waals surface area contributed by atoms with E-state index in [0.717, 1.165) is 37.8 Å². The number of hydrogen-bond donors (Lipinski definition) is 1. The first-order chi connectivity index (χ1) is 9.62. The van der Waals surface area contributed by atoms with Crippen LogP contribution in [-0.2, 0) is 9.53 Å². The zero-order valence-electron chi connectivity index (χ0n) is 12.1. The Morgan fingerprint density at radius 3 is 2.70 bits per heavy atom. The van der Waals surface area contributed by atoms with Crippen molar-refractivity contribution in [3.05, 3.63) is 30.1 Å². The molecule has 2 unspecified atom stereocenters. The van der Waals surface area contributed by atoms with E-state index < -0.39 is 5.54 Å². The van der Waals surface area contributed by atoms with Crippen molar-refractivity contribution in [3.8, 4) is 0 Å². The zero-order valence-corrected chi connectivity index (χ0v) is 12.1. The Balaban J connectivity index is 2.31. The molecule has 0 saturated heterocycles. The molecular formula is C16H22FNO2. The molecule has 1 aromatic rings. The first-order valence-electron chi connectivity index (χ1n) is 7.24. The minimum Gasteiger partial charge on any atom is -0.467 e. The molecule has 0 heterocycles. The number of carbonyl (C=O) groups is 1. The lowest BCUT2D eigenvalue weighted by Crippen LogP contribution is -2.54. The van der Waals surface area contributed by atoms with E-state index in [9.17, 15) is 9.18 Å². The predicted molar refractivity (Wildman–Crippen MR) is 77.0 cm³/mol. The zero-order chi connectivity index (χ0) is 14.6. The van der Waals surface area contributed by atoms with Crippen LogP contribution in [0.2, 0.25) is 0 Å². The summed E-state index contributed by atoms with van der Waals surface area (Å²) in [5.74, 6) is -0.250. The van der Waals surface area contributed by atoms with Crippen LogP contribution in [0.4, 0.5) is 10.1 Å². The van der Waals surface area contributed by atoms with Crippen molar-refractivity contribution in [1.82, 2.24) is 0 Å². The molecule has 3 nitrogen and oxygen atoms in total. The number of nitrogens with one attached hydrogen (secondary N) is 1. The molecule has 0 bridgehead atoms. The molecule has 2 atom stereocenters. The van der Waals surface area contributed by atoms with Crippen LogP contribution in [-0.4, -0.2) is 18.6 Å². The molecule has 1 fully saturated rings. The fourth-order valence-corrected chi connectivity index (χ4v) is 3.25. The van der Waals surface area contributed by atoms with Gasteiger partial charge in [0.25, 0.3) is 0 Å². The summed E-state index contributed by atoms with van der Waals surface area (Å²) in [6, 6.07) is 6.14. The molecule has 1 aliphatic carbocycles. The van der Waals surface area contributed by atoms with Crippen LogP contribution in [0.1, 0.15) is 39.0 Å². The third kappa shape index (κ3) is 2.79. The summed E-state index contributed by atoms with van der Waals surface area (Å²) in [6.45, 7) is 2.10. The quantitative estimate of drug-likeness (QED) is 0.853. The van der Waals surface area contributed by atoms with Gasteiger partial charge in [-0.3, -0.25) is 0 Å². The molecule has 0 aromatic heterocycles. The molecular weight excluding hydrogens is 257 g/mol. The minimum absolute atomic E-state index is 0.214. The number of ether oxygens (including phenoxy) is 1. The topological polar surface area (TPSA) is 38.3 Å². The van der Waals surface area contributed by atoms with Crippen molar-refractivity contribution < 1.29 is 13.9 Å². The number of hydrogen-bond acceptors (Lipinski definition) is 3. The average molecular weight is 279 g/mol. The number of rotatable bonds is 4. The second-order valence-electron chi connectivity index (χ2n) is 5.45. The van der Waals surface area contributed by atoms with Gasteiger partial charge in [0.15, 0.2) is 0 Å². The summed E-state index contributed by atoms with van der Waals surface area (Å²) in [5.41, 5.74) is 0.0803. The van der Waals surface area contributed by atoms with Crippen molar-refractivity contribution in [3.63, 3.8) is 0 Å². The van der Waals surface area contributed by atoms with Crippen LogP contribution >= 0.6 is 0 Å². The fraction of sp³-hybridized carbons (Fsp3) is 0.562. The summed E-state index contributed by atoms with van der Waals surface area (Å²) >= 11 is 0. The van der Waals surface area contributed by atoms with Crippen LogP contribution < -0.4 is 5.32 Å². The van der Waals surface area contributed by atoms with Crippen LogP contribution in [0.5, 0.6) is 0 Å². The van der Waals surface area contributed by atoms with E-state index in [1.54, 1.807) is 12.1 Å². The maximum Gasteiger partial charge on any atom is 0.331 e. The number of benzene rings is 1. The van der Waals surface area contributed by atoms with Gasteiger partial charge in [-0.1, -0.05) is 26.2 Å². The fourth-order valence-electron chi connectivity index (χ4n) is 3.25. The molecule has 20 heavy (non-hydrogen) atoms. The third-order valence-corrected chi connectivity index (χ3v) is 4.32. The normalized spacial score (nSPS) is 26.1. The molecule has 2 rings (SSSR count). The largest absolute Gasteiger partial charge is 0.467 e. The van der Waals surface area contributed by atoms with Crippen molar-refractivity contribution in [2.45, 2.75) is 44.6 Å². The number of halogens is 1. The Morgan fingerprint density at radius 2 is 2.10 bits per heavy atom. The lowest BCUT2D eigenvalue weighted by atomic mass is 9.71. The van der Waals surface area contributed by atoms with Crippen molar-refractivity contribution >= 4 is 11.7 Å². The molecule has 4 heteroatoms. The summed E-state index contributed by atoms with van der Waals surface area (Å²) in [6.07, 6.45) is 4.83. The number of carbonyl (C=O) groups excluding carboxylic acids is 1. The maximum atomic E-state index is 13.0. The number of anilines is 1. The highest BCUT2D eigenvalue weighted by Crippen LogP contribution is 2.39. The van der Waals surface area contributed by atoms with E-state index in [-0.39, 0.29) is 17.7 Å². The van der Waals surface area contributed by atoms with Gasteiger partial charge in [-0.05, 0) is 43.0 Å². The highest BCUT2D eigenvalue weighted by atomic mass is 19.1. The predicted octanol–water partition coefficient (Wildman–Crippen LogP) is 3.75. The third-order valence-electron chi connectivity index (χ3n) is 4.32. The molecule has 0 amide bonds. The molecule has 110 valence electrons. The Bertz CT molecular complexity index is 460. The monoisotopic (exact) mass is 279 g/mol. The van der Waals surface area contributed by atoms with Gasteiger partial charge < -0.3 is 10.1 Å². The smallest absolute Gasteiger partial charge is 0.331 e. The van der Waals surface area contributed by atoms with Gasteiger partial charge in [0.1, 0.15) is 11.4 Å². The van der Waals surface area contributed by atoms with Crippen LogP contribution in [0, 0.1) is 11.7 Å². The summed E-state index contributed by atoms with van der Waals surface area (Å²) in [4.78, 5) is 12.4. The number of esters is 1. The van der Waals surface area contributed by atoms with Gasteiger partial charge in [-0.25, -0.2) is 9.18 Å². The Morgan fingerprint density at radius 1 is 1.40 bits per heavy atom. The first kappa shape index (κ1) is 14.8. The van der Waals surface area contributed by atoms with Gasteiger partial charge in [0, 0.05) is 5.69 Å². The maximum absolute atomic E-state index is 13.0. The summed E-state index contributed by atoms with van der Waals surface area (Å²) < 4.78 is 18.1. The first-order valence-corrected chi connectivity index (χ1v) is 7.24. The highest BCUT2D eigenvalue weighted by Gasteiger charge is 2.47. The average Bonchev–Trinajstić information content (AvgIpc) is 2.49.